The Bertz CT molecular complexity index is 1390. The molecule has 4 rings (SSSR count). The SMILES string of the molecule is COc1cc(C=NNC(=O)CC(=O)Nc2ccc(C)cc2)ccc1OCc1cccc2ccccc12. The predicted octanol–water partition coefficient (Wildman–Crippen LogP) is 5.21. The lowest BCUT2D eigenvalue weighted by Crippen LogP contribution is -2.24. The van der Waals surface area contributed by atoms with Crippen molar-refractivity contribution in [2.45, 2.75) is 20.0 Å². The Labute approximate surface area is 209 Å². The van der Waals surface area contributed by atoms with Crippen LogP contribution in [-0.4, -0.2) is 25.1 Å². The molecule has 182 valence electrons. The number of methoxy groups -OCH3 is 1. The second kappa shape index (κ2) is 11.7. The zero-order valence-electron chi connectivity index (χ0n) is 20.2. The van der Waals surface area contributed by atoms with Gasteiger partial charge in [-0.2, -0.15) is 5.10 Å². The minimum Gasteiger partial charge on any atom is -0.493 e. The third kappa shape index (κ3) is 6.48. The number of ether oxygens (including phenoxy) is 2. The highest BCUT2D eigenvalue weighted by Gasteiger charge is 2.10. The van der Waals surface area contributed by atoms with E-state index in [1.54, 1.807) is 37.4 Å². The summed E-state index contributed by atoms with van der Waals surface area (Å²) in [4.78, 5) is 24.1. The molecular weight excluding hydrogens is 454 g/mol. The summed E-state index contributed by atoms with van der Waals surface area (Å²) < 4.78 is 11.5. The van der Waals surface area contributed by atoms with Crippen LogP contribution in [0, 0.1) is 6.92 Å². The number of amides is 2. The maximum absolute atomic E-state index is 12.0. The van der Waals surface area contributed by atoms with E-state index in [0.717, 1.165) is 21.9 Å². The van der Waals surface area contributed by atoms with Gasteiger partial charge in [0.25, 0.3) is 0 Å². The number of carbonyl (C=O) groups excluding carboxylic acids is 2. The van der Waals surface area contributed by atoms with Crippen LogP contribution in [-0.2, 0) is 16.2 Å². The zero-order valence-corrected chi connectivity index (χ0v) is 20.2. The lowest BCUT2D eigenvalue weighted by molar-refractivity contribution is -0.126. The molecule has 7 heteroatoms. The Kier molecular flexibility index (Phi) is 7.93. The average Bonchev–Trinajstić information content (AvgIpc) is 2.89. The second-order valence-corrected chi connectivity index (χ2v) is 8.22. The van der Waals surface area contributed by atoms with Gasteiger partial charge in [0.1, 0.15) is 13.0 Å². The number of hydrogen-bond acceptors (Lipinski definition) is 5. The highest BCUT2D eigenvalue weighted by molar-refractivity contribution is 6.03. The highest BCUT2D eigenvalue weighted by atomic mass is 16.5. The van der Waals surface area contributed by atoms with Crippen LogP contribution in [0.25, 0.3) is 10.8 Å². The van der Waals surface area contributed by atoms with Crippen LogP contribution in [0.3, 0.4) is 0 Å². The number of aryl methyl sites for hydroxylation is 1. The molecule has 36 heavy (non-hydrogen) atoms. The van der Waals surface area contributed by atoms with E-state index in [9.17, 15) is 9.59 Å². The van der Waals surface area contributed by atoms with E-state index >= 15 is 0 Å². The van der Waals surface area contributed by atoms with Crippen molar-refractivity contribution in [2.24, 2.45) is 5.10 Å². The van der Waals surface area contributed by atoms with Crippen molar-refractivity contribution in [1.82, 2.24) is 5.43 Å². The molecule has 0 fully saturated rings. The number of benzene rings is 4. The minimum atomic E-state index is -0.516. The first-order valence-electron chi connectivity index (χ1n) is 11.5. The van der Waals surface area contributed by atoms with Gasteiger partial charge in [0.2, 0.25) is 11.8 Å². The van der Waals surface area contributed by atoms with E-state index in [2.05, 4.69) is 34.0 Å². The van der Waals surface area contributed by atoms with Gasteiger partial charge in [-0.1, -0.05) is 60.2 Å². The summed E-state index contributed by atoms with van der Waals surface area (Å²) in [6, 6.07) is 27.0. The average molecular weight is 482 g/mol. The molecule has 0 heterocycles. The summed E-state index contributed by atoms with van der Waals surface area (Å²) >= 11 is 0. The molecule has 0 unspecified atom stereocenters. The monoisotopic (exact) mass is 481 g/mol. The van der Waals surface area contributed by atoms with E-state index in [1.807, 2.05) is 43.3 Å². The van der Waals surface area contributed by atoms with Crippen molar-refractivity contribution in [2.75, 3.05) is 12.4 Å². The molecular formula is C29H27N3O4. The lowest BCUT2D eigenvalue weighted by atomic mass is 10.1. The van der Waals surface area contributed by atoms with Gasteiger partial charge in [0.15, 0.2) is 11.5 Å². The first-order chi connectivity index (χ1) is 17.5. The normalized spacial score (nSPS) is 10.8. The zero-order chi connectivity index (χ0) is 25.3. The van der Waals surface area contributed by atoms with E-state index in [4.69, 9.17) is 9.47 Å². The van der Waals surface area contributed by atoms with Gasteiger partial charge in [-0.3, -0.25) is 9.59 Å². The van der Waals surface area contributed by atoms with Gasteiger partial charge in [-0.25, -0.2) is 5.43 Å². The number of fused-ring (bicyclic) bond motifs is 1. The van der Waals surface area contributed by atoms with Gasteiger partial charge in [-0.15, -0.1) is 0 Å². The fraction of sp³-hybridized carbons (Fsp3) is 0.138. The first-order valence-corrected chi connectivity index (χ1v) is 11.5. The molecule has 0 aromatic heterocycles. The summed E-state index contributed by atoms with van der Waals surface area (Å²) in [5, 5.41) is 8.93. The molecule has 4 aromatic rings. The van der Waals surface area contributed by atoms with Crippen molar-refractivity contribution >= 4 is 34.5 Å². The van der Waals surface area contributed by atoms with Crippen LogP contribution in [0.5, 0.6) is 11.5 Å². The first kappa shape index (κ1) is 24.5. The van der Waals surface area contributed by atoms with Crippen molar-refractivity contribution in [3.63, 3.8) is 0 Å². The predicted molar refractivity (Wildman–Crippen MR) is 141 cm³/mol. The van der Waals surface area contributed by atoms with Gasteiger partial charge >= 0.3 is 0 Å². The van der Waals surface area contributed by atoms with Gasteiger partial charge in [0, 0.05) is 5.69 Å². The number of nitrogens with one attached hydrogen (secondary N) is 2. The molecule has 0 aliphatic carbocycles. The molecule has 2 N–H and O–H groups in total. The number of hydrogen-bond donors (Lipinski definition) is 2. The molecule has 0 bridgehead atoms. The summed E-state index contributed by atoms with van der Waals surface area (Å²) in [5.74, 6) is 0.209. The minimum absolute atomic E-state index is 0.338. The Balaban J connectivity index is 1.32. The van der Waals surface area contributed by atoms with Crippen molar-refractivity contribution in [1.29, 1.82) is 0 Å². The summed E-state index contributed by atoms with van der Waals surface area (Å²) in [6.45, 7) is 2.35. The third-order valence-electron chi connectivity index (χ3n) is 5.51. The van der Waals surface area contributed by atoms with E-state index in [0.29, 0.717) is 29.4 Å². The summed E-state index contributed by atoms with van der Waals surface area (Å²) in [5.41, 5.74) is 5.87. The molecule has 0 aliphatic heterocycles. The molecule has 0 saturated carbocycles. The molecule has 0 aliphatic rings. The number of anilines is 1. The molecule has 7 nitrogen and oxygen atoms in total. The van der Waals surface area contributed by atoms with E-state index in [-0.39, 0.29) is 6.42 Å². The van der Waals surface area contributed by atoms with Gasteiger partial charge in [0.05, 0.1) is 13.3 Å². The highest BCUT2D eigenvalue weighted by Crippen LogP contribution is 2.29. The summed E-state index contributed by atoms with van der Waals surface area (Å²) in [7, 11) is 1.56. The van der Waals surface area contributed by atoms with Gasteiger partial charge < -0.3 is 14.8 Å². The maximum Gasteiger partial charge on any atom is 0.249 e. The van der Waals surface area contributed by atoms with E-state index in [1.165, 1.54) is 6.21 Å². The quantitative estimate of drug-likeness (QED) is 0.195. The Hall–Kier alpha value is -4.65. The molecule has 2 amide bonds. The number of nitrogens with zero attached hydrogens (tertiary/aromatic N) is 1. The number of hydrazone groups is 1. The molecule has 0 saturated heterocycles. The fourth-order valence-electron chi connectivity index (χ4n) is 3.66. The van der Waals surface area contributed by atoms with Crippen molar-refractivity contribution in [3.8, 4) is 11.5 Å². The topological polar surface area (TPSA) is 89.0 Å². The standard InChI is InChI=1S/C29H27N3O4/c1-20-10-13-24(14-11-20)31-28(33)17-29(34)32-30-18-21-12-15-26(27(16-21)35-2)36-19-23-8-5-7-22-6-3-4-9-25(22)23/h3-16,18H,17,19H2,1-2H3,(H,31,33)(H,32,34). The molecule has 4 aromatic carbocycles. The Morgan fingerprint density at radius 1 is 0.889 bits per heavy atom. The van der Waals surface area contributed by atoms with Crippen LogP contribution in [0.2, 0.25) is 0 Å². The van der Waals surface area contributed by atoms with Crippen LogP contribution >= 0.6 is 0 Å². The number of rotatable bonds is 9. The Morgan fingerprint density at radius 3 is 2.47 bits per heavy atom. The summed E-state index contributed by atoms with van der Waals surface area (Å²) in [6.07, 6.45) is 1.14. The van der Waals surface area contributed by atoms with Crippen LogP contribution in [0.1, 0.15) is 23.1 Å². The van der Waals surface area contributed by atoms with Crippen LogP contribution < -0.4 is 20.2 Å². The van der Waals surface area contributed by atoms with Crippen molar-refractivity contribution in [3.05, 3.63) is 102 Å². The largest absolute Gasteiger partial charge is 0.493 e. The molecule has 0 radical (unpaired) electrons. The Morgan fingerprint density at radius 2 is 1.67 bits per heavy atom. The van der Waals surface area contributed by atoms with E-state index < -0.39 is 11.8 Å². The van der Waals surface area contributed by atoms with Crippen LogP contribution in [0.15, 0.2) is 90.0 Å². The number of carbonyl (C=O) groups is 2. The third-order valence-corrected chi connectivity index (χ3v) is 5.51. The smallest absolute Gasteiger partial charge is 0.249 e. The molecule has 0 atom stereocenters. The lowest BCUT2D eigenvalue weighted by Gasteiger charge is -2.12. The second-order valence-electron chi connectivity index (χ2n) is 8.22. The van der Waals surface area contributed by atoms with Crippen molar-refractivity contribution < 1.29 is 19.1 Å². The maximum atomic E-state index is 12.0. The van der Waals surface area contributed by atoms with Gasteiger partial charge in [-0.05, 0) is 59.2 Å². The van der Waals surface area contributed by atoms with Crippen LogP contribution in [0.4, 0.5) is 5.69 Å². The fourth-order valence-corrected chi connectivity index (χ4v) is 3.66. The molecule has 0 spiro atoms.